The van der Waals surface area contributed by atoms with Crippen molar-refractivity contribution in [3.8, 4) is 0 Å². The molecule has 94 valence electrons. The van der Waals surface area contributed by atoms with E-state index in [4.69, 9.17) is 0 Å². The maximum atomic E-state index is 12.0. The third kappa shape index (κ3) is 3.44. The van der Waals surface area contributed by atoms with Crippen LogP contribution in [0.25, 0.3) is 0 Å². The largest absolute Gasteiger partial charge is 0.349 e. The van der Waals surface area contributed by atoms with Crippen molar-refractivity contribution in [2.75, 3.05) is 0 Å². The van der Waals surface area contributed by atoms with Gasteiger partial charge in [-0.1, -0.05) is 23.8 Å². The summed E-state index contributed by atoms with van der Waals surface area (Å²) in [6, 6.07) is 11.9. The van der Waals surface area contributed by atoms with E-state index in [2.05, 4.69) is 16.8 Å². The molecule has 0 saturated carbocycles. The molecule has 2 rings (SSSR count). The van der Waals surface area contributed by atoms with Crippen molar-refractivity contribution >= 4 is 17.2 Å². The Balaban J connectivity index is 1.92. The summed E-state index contributed by atoms with van der Waals surface area (Å²) >= 11 is 1.72. The molecule has 1 amide bonds. The summed E-state index contributed by atoms with van der Waals surface area (Å²) in [6.45, 7) is 4.05. The SMILES string of the molecule is Cc1ccc(C(=O)NC(C)Cc2cccs2)cc1. The Morgan fingerprint density at radius 2 is 2.00 bits per heavy atom. The molecule has 0 bridgehead atoms. The number of hydrogen-bond donors (Lipinski definition) is 1. The van der Waals surface area contributed by atoms with Gasteiger partial charge in [0.1, 0.15) is 0 Å². The van der Waals surface area contributed by atoms with Crippen LogP contribution in [-0.2, 0) is 6.42 Å². The van der Waals surface area contributed by atoms with Gasteiger partial charge in [-0.15, -0.1) is 11.3 Å². The Bertz CT molecular complexity index is 502. The van der Waals surface area contributed by atoms with Crippen LogP contribution in [0.15, 0.2) is 41.8 Å². The lowest BCUT2D eigenvalue weighted by Gasteiger charge is -2.13. The predicted molar refractivity (Wildman–Crippen MR) is 76.1 cm³/mol. The van der Waals surface area contributed by atoms with Crippen LogP contribution in [0.5, 0.6) is 0 Å². The van der Waals surface area contributed by atoms with Crippen molar-refractivity contribution in [3.05, 3.63) is 57.8 Å². The lowest BCUT2D eigenvalue weighted by Crippen LogP contribution is -2.33. The molecule has 3 heteroatoms. The Labute approximate surface area is 112 Å². The zero-order valence-corrected chi connectivity index (χ0v) is 11.5. The highest BCUT2D eigenvalue weighted by atomic mass is 32.1. The summed E-state index contributed by atoms with van der Waals surface area (Å²) < 4.78 is 0. The van der Waals surface area contributed by atoms with Crippen LogP contribution in [0.4, 0.5) is 0 Å². The van der Waals surface area contributed by atoms with Crippen LogP contribution in [-0.4, -0.2) is 11.9 Å². The number of carbonyl (C=O) groups excluding carboxylic acids is 1. The van der Waals surface area contributed by atoms with Crippen LogP contribution in [0.1, 0.15) is 27.7 Å². The monoisotopic (exact) mass is 259 g/mol. The minimum atomic E-state index is -0.000874. The van der Waals surface area contributed by atoms with E-state index >= 15 is 0 Å². The highest BCUT2D eigenvalue weighted by Gasteiger charge is 2.10. The van der Waals surface area contributed by atoms with Crippen LogP contribution < -0.4 is 5.32 Å². The third-order valence-corrected chi connectivity index (χ3v) is 3.68. The summed E-state index contributed by atoms with van der Waals surface area (Å²) in [5.41, 5.74) is 1.89. The van der Waals surface area contributed by atoms with Crippen molar-refractivity contribution in [2.24, 2.45) is 0 Å². The molecule has 1 aromatic heterocycles. The van der Waals surface area contributed by atoms with Crippen molar-refractivity contribution < 1.29 is 4.79 Å². The van der Waals surface area contributed by atoms with E-state index in [0.717, 1.165) is 17.5 Å². The molecule has 0 aliphatic heterocycles. The Morgan fingerprint density at radius 1 is 1.28 bits per heavy atom. The van der Waals surface area contributed by atoms with E-state index < -0.39 is 0 Å². The van der Waals surface area contributed by atoms with Crippen LogP contribution in [0.3, 0.4) is 0 Å². The highest BCUT2D eigenvalue weighted by Crippen LogP contribution is 2.11. The van der Waals surface area contributed by atoms with Gasteiger partial charge >= 0.3 is 0 Å². The second kappa shape index (κ2) is 5.83. The van der Waals surface area contributed by atoms with Crippen LogP contribution in [0, 0.1) is 6.92 Å². The van der Waals surface area contributed by atoms with Crippen LogP contribution >= 0.6 is 11.3 Å². The molecule has 2 nitrogen and oxygen atoms in total. The van der Waals surface area contributed by atoms with E-state index in [1.165, 1.54) is 4.88 Å². The average molecular weight is 259 g/mol. The van der Waals surface area contributed by atoms with Crippen molar-refractivity contribution in [3.63, 3.8) is 0 Å². The minimum Gasteiger partial charge on any atom is -0.349 e. The molecule has 0 fully saturated rings. The first-order valence-corrected chi connectivity index (χ1v) is 6.93. The van der Waals surface area contributed by atoms with Crippen LogP contribution in [0.2, 0.25) is 0 Å². The minimum absolute atomic E-state index is 0.000874. The highest BCUT2D eigenvalue weighted by molar-refractivity contribution is 7.09. The molecule has 18 heavy (non-hydrogen) atoms. The molecule has 0 radical (unpaired) electrons. The maximum Gasteiger partial charge on any atom is 0.251 e. The van der Waals surface area contributed by atoms with Gasteiger partial charge in [0.2, 0.25) is 0 Å². The molecule has 1 heterocycles. The number of rotatable bonds is 4. The Hall–Kier alpha value is -1.61. The van der Waals surface area contributed by atoms with Crippen molar-refractivity contribution in [1.29, 1.82) is 0 Å². The number of hydrogen-bond acceptors (Lipinski definition) is 2. The fourth-order valence-electron chi connectivity index (χ4n) is 1.79. The van der Waals surface area contributed by atoms with Gasteiger partial charge in [0.15, 0.2) is 0 Å². The normalized spacial score (nSPS) is 12.1. The summed E-state index contributed by atoms with van der Waals surface area (Å²) in [5, 5.41) is 5.08. The van der Waals surface area contributed by atoms with Crippen molar-refractivity contribution in [2.45, 2.75) is 26.3 Å². The molecule has 1 N–H and O–H groups in total. The van der Waals surface area contributed by atoms with E-state index in [9.17, 15) is 4.79 Å². The maximum absolute atomic E-state index is 12.0. The van der Waals surface area contributed by atoms with E-state index in [1.54, 1.807) is 11.3 Å². The molecule has 0 spiro atoms. The summed E-state index contributed by atoms with van der Waals surface area (Å²) in [5.74, 6) is -0.000874. The zero-order valence-electron chi connectivity index (χ0n) is 10.6. The molecule has 1 aromatic carbocycles. The number of nitrogens with one attached hydrogen (secondary N) is 1. The lowest BCUT2D eigenvalue weighted by molar-refractivity contribution is 0.0940. The number of amides is 1. The fraction of sp³-hybridized carbons (Fsp3) is 0.267. The molecule has 1 unspecified atom stereocenters. The molecular formula is C15H17NOS. The average Bonchev–Trinajstić information content (AvgIpc) is 2.82. The second-order valence-corrected chi connectivity index (χ2v) is 5.56. The number of aryl methyl sites for hydroxylation is 1. The summed E-state index contributed by atoms with van der Waals surface area (Å²) in [4.78, 5) is 13.3. The van der Waals surface area contributed by atoms with Gasteiger partial charge in [0.05, 0.1) is 0 Å². The molecule has 0 aliphatic carbocycles. The first-order valence-electron chi connectivity index (χ1n) is 6.05. The fourth-order valence-corrected chi connectivity index (χ4v) is 2.63. The van der Waals surface area contributed by atoms with Gasteiger partial charge in [-0.25, -0.2) is 0 Å². The molecule has 0 aliphatic rings. The number of benzene rings is 1. The number of thiophene rings is 1. The smallest absolute Gasteiger partial charge is 0.251 e. The lowest BCUT2D eigenvalue weighted by atomic mass is 10.1. The van der Waals surface area contributed by atoms with E-state index in [1.807, 2.05) is 44.2 Å². The van der Waals surface area contributed by atoms with Gasteiger partial charge in [0.25, 0.3) is 5.91 Å². The molecule has 2 aromatic rings. The van der Waals surface area contributed by atoms with Gasteiger partial charge in [-0.05, 0) is 37.4 Å². The summed E-state index contributed by atoms with van der Waals surface area (Å²) in [6.07, 6.45) is 0.884. The second-order valence-electron chi connectivity index (χ2n) is 4.52. The zero-order chi connectivity index (χ0) is 13.0. The van der Waals surface area contributed by atoms with Gasteiger partial charge < -0.3 is 5.32 Å². The molecule has 1 atom stereocenters. The Kier molecular flexibility index (Phi) is 4.15. The third-order valence-electron chi connectivity index (χ3n) is 2.78. The van der Waals surface area contributed by atoms with Gasteiger partial charge in [-0.2, -0.15) is 0 Å². The molecule has 0 saturated heterocycles. The van der Waals surface area contributed by atoms with Crippen molar-refractivity contribution in [1.82, 2.24) is 5.32 Å². The standard InChI is InChI=1S/C15H17NOS/c1-11-5-7-13(8-6-11)15(17)16-12(2)10-14-4-3-9-18-14/h3-9,12H,10H2,1-2H3,(H,16,17). The topological polar surface area (TPSA) is 29.1 Å². The van der Waals surface area contributed by atoms with E-state index in [-0.39, 0.29) is 11.9 Å². The van der Waals surface area contributed by atoms with Gasteiger partial charge in [-0.3, -0.25) is 4.79 Å². The predicted octanol–water partition coefficient (Wildman–Crippen LogP) is 3.42. The Morgan fingerprint density at radius 3 is 2.61 bits per heavy atom. The first-order chi connectivity index (χ1) is 8.65. The van der Waals surface area contributed by atoms with E-state index in [0.29, 0.717) is 0 Å². The summed E-state index contributed by atoms with van der Waals surface area (Å²) in [7, 11) is 0. The first kappa shape index (κ1) is 12.8. The van der Waals surface area contributed by atoms with Gasteiger partial charge in [0, 0.05) is 22.9 Å². The molecular weight excluding hydrogens is 242 g/mol. The number of carbonyl (C=O) groups is 1. The quantitative estimate of drug-likeness (QED) is 0.895.